The summed E-state index contributed by atoms with van der Waals surface area (Å²) >= 11 is 0. The Balaban J connectivity index is 1.61. The van der Waals surface area contributed by atoms with Crippen LogP contribution >= 0.6 is 0 Å². The maximum Gasteiger partial charge on any atom is 0.248 e. The fraction of sp³-hybridized carbons (Fsp3) is 0.464. The second-order valence-corrected chi connectivity index (χ2v) is 8.55. The van der Waals surface area contributed by atoms with E-state index in [0.29, 0.717) is 0 Å². The van der Waals surface area contributed by atoms with Crippen molar-refractivity contribution in [3.05, 3.63) is 60.2 Å². The summed E-state index contributed by atoms with van der Waals surface area (Å²) in [6.07, 6.45) is 15.0. The Hall–Kier alpha value is -2.75. The molecule has 174 valence electrons. The summed E-state index contributed by atoms with van der Waals surface area (Å²) in [4.78, 5) is 12.3. The van der Waals surface area contributed by atoms with Crippen molar-refractivity contribution >= 4 is 22.9 Å². The minimum Gasteiger partial charge on any atom is -0.508 e. The van der Waals surface area contributed by atoms with Crippen molar-refractivity contribution in [1.29, 1.82) is 0 Å². The highest BCUT2D eigenvalue weighted by molar-refractivity contribution is 6.03. The summed E-state index contributed by atoms with van der Waals surface area (Å²) in [5.41, 5.74) is 3.60. The molecule has 0 saturated heterocycles. The first-order valence-electron chi connectivity index (χ1n) is 12.2. The highest BCUT2D eigenvalue weighted by Gasteiger charge is 2.03. The van der Waals surface area contributed by atoms with Gasteiger partial charge in [0.25, 0.3) is 0 Å². The molecule has 0 radical (unpaired) electrons. The zero-order valence-corrected chi connectivity index (χ0v) is 19.8. The highest BCUT2D eigenvalue weighted by Crippen LogP contribution is 2.18. The Labute approximate surface area is 194 Å². The second kappa shape index (κ2) is 15.1. The lowest BCUT2D eigenvalue weighted by Crippen LogP contribution is -2.08. The summed E-state index contributed by atoms with van der Waals surface area (Å²) in [6, 6.07) is 14.7. The molecule has 2 aromatic carbocycles. The molecule has 0 aliphatic carbocycles. The fourth-order valence-electron chi connectivity index (χ4n) is 3.70. The Kier molecular flexibility index (Phi) is 12.1. The van der Waals surface area contributed by atoms with Crippen molar-refractivity contribution in [2.45, 2.75) is 78.1 Å². The van der Waals surface area contributed by atoms with Crippen molar-refractivity contribution in [3.63, 3.8) is 0 Å². The van der Waals surface area contributed by atoms with Crippen LogP contribution in [-0.4, -0.2) is 17.6 Å². The summed E-state index contributed by atoms with van der Waals surface area (Å²) in [7, 11) is 0. The molecule has 0 fully saturated rings. The number of carbonyl (C=O) groups is 1. The molecule has 3 N–H and O–H groups in total. The van der Waals surface area contributed by atoms with Crippen LogP contribution < -0.4 is 10.6 Å². The average Bonchev–Trinajstić information content (AvgIpc) is 2.79. The Morgan fingerprint density at radius 2 is 1.31 bits per heavy atom. The summed E-state index contributed by atoms with van der Waals surface area (Å²) in [5.74, 6) is 0.0505. The van der Waals surface area contributed by atoms with Gasteiger partial charge >= 0.3 is 0 Å². The average molecular weight is 437 g/mol. The molecule has 0 atom stereocenters. The summed E-state index contributed by atoms with van der Waals surface area (Å²) in [5, 5.41) is 15.7. The predicted molar refractivity (Wildman–Crippen MR) is 137 cm³/mol. The van der Waals surface area contributed by atoms with Crippen molar-refractivity contribution in [2.75, 3.05) is 17.2 Å². The molecule has 0 heterocycles. The first kappa shape index (κ1) is 25.5. The van der Waals surface area contributed by atoms with E-state index in [1.54, 1.807) is 30.3 Å². The van der Waals surface area contributed by atoms with Crippen LogP contribution in [0.15, 0.2) is 54.6 Å². The first-order chi connectivity index (χ1) is 15.6. The Morgan fingerprint density at radius 1 is 0.781 bits per heavy atom. The van der Waals surface area contributed by atoms with Crippen LogP contribution in [0, 0.1) is 0 Å². The van der Waals surface area contributed by atoms with E-state index in [4.69, 9.17) is 0 Å². The van der Waals surface area contributed by atoms with Gasteiger partial charge in [-0.1, -0.05) is 76.8 Å². The van der Waals surface area contributed by atoms with Gasteiger partial charge in [-0.25, -0.2) is 0 Å². The van der Waals surface area contributed by atoms with Gasteiger partial charge in [0.15, 0.2) is 0 Å². The van der Waals surface area contributed by atoms with Gasteiger partial charge in [0.2, 0.25) is 5.91 Å². The molecule has 0 aliphatic heterocycles. The third-order valence-electron chi connectivity index (χ3n) is 5.68. The van der Waals surface area contributed by atoms with Crippen LogP contribution in [0.2, 0.25) is 0 Å². The van der Waals surface area contributed by atoms with Crippen molar-refractivity contribution < 1.29 is 9.90 Å². The van der Waals surface area contributed by atoms with Crippen molar-refractivity contribution in [1.82, 2.24) is 0 Å². The lowest BCUT2D eigenvalue weighted by atomic mass is 10.1. The van der Waals surface area contributed by atoms with Gasteiger partial charge in [0.05, 0.1) is 0 Å². The number of nitrogens with one attached hydrogen (secondary N) is 2. The van der Waals surface area contributed by atoms with E-state index in [1.165, 1.54) is 64.2 Å². The maximum absolute atomic E-state index is 12.3. The molecule has 0 aromatic heterocycles. The molecule has 4 heteroatoms. The fourth-order valence-corrected chi connectivity index (χ4v) is 3.70. The first-order valence-corrected chi connectivity index (χ1v) is 12.2. The SMILES string of the molecule is CCCCCCCCCCCCNc1ccc(NC(=O)/C=C(\C)c2ccc(O)cc2)cc1. The number of anilines is 2. The standard InChI is InChI=1S/C28H40N2O2/c1-3-4-5-6-7-8-9-10-11-12-21-29-25-15-17-26(18-16-25)30-28(32)22-23(2)24-13-19-27(31)20-14-24/h13-20,22,29,31H,3-12,21H2,1-2H3,(H,30,32)/b23-22+. The van der Waals surface area contributed by atoms with Gasteiger partial charge < -0.3 is 15.7 Å². The largest absolute Gasteiger partial charge is 0.508 e. The van der Waals surface area contributed by atoms with Gasteiger partial charge in [-0.15, -0.1) is 0 Å². The van der Waals surface area contributed by atoms with Gasteiger partial charge in [-0.2, -0.15) is 0 Å². The van der Waals surface area contributed by atoms with Crippen LogP contribution in [0.5, 0.6) is 5.75 Å². The number of hydrogen-bond acceptors (Lipinski definition) is 3. The predicted octanol–water partition coefficient (Wildman–Crippen LogP) is 7.77. The summed E-state index contributed by atoms with van der Waals surface area (Å²) < 4.78 is 0. The molecule has 4 nitrogen and oxygen atoms in total. The molecule has 2 aromatic rings. The molecule has 1 amide bonds. The summed E-state index contributed by atoms with van der Waals surface area (Å²) in [6.45, 7) is 5.13. The third-order valence-corrected chi connectivity index (χ3v) is 5.68. The number of phenolic OH excluding ortho intramolecular Hbond substituents is 1. The van der Waals surface area contributed by atoms with E-state index in [-0.39, 0.29) is 11.7 Å². The topological polar surface area (TPSA) is 61.4 Å². The number of rotatable bonds is 15. The lowest BCUT2D eigenvalue weighted by Gasteiger charge is -2.08. The number of amides is 1. The minimum absolute atomic E-state index is 0.165. The van der Waals surface area contributed by atoms with Gasteiger partial charge in [0, 0.05) is 24.0 Å². The molecule has 0 spiro atoms. The lowest BCUT2D eigenvalue weighted by molar-refractivity contribution is -0.111. The number of allylic oxidation sites excluding steroid dienone is 1. The van der Waals surface area contributed by atoms with E-state index >= 15 is 0 Å². The number of benzene rings is 2. The van der Waals surface area contributed by atoms with E-state index in [1.807, 2.05) is 31.2 Å². The molecule has 32 heavy (non-hydrogen) atoms. The van der Waals surface area contributed by atoms with Gasteiger partial charge in [0.1, 0.15) is 5.75 Å². The highest BCUT2D eigenvalue weighted by atomic mass is 16.3. The number of phenols is 1. The molecule has 0 saturated carbocycles. The van der Waals surface area contributed by atoms with E-state index in [9.17, 15) is 9.90 Å². The number of hydrogen-bond donors (Lipinski definition) is 3. The smallest absolute Gasteiger partial charge is 0.248 e. The number of unbranched alkanes of at least 4 members (excludes halogenated alkanes) is 9. The number of aromatic hydroxyl groups is 1. The maximum atomic E-state index is 12.3. The Bertz CT molecular complexity index is 810. The monoisotopic (exact) mass is 436 g/mol. The van der Waals surface area contributed by atoms with Gasteiger partial charge in [-0.05, 0) is 60.9 Å². The van der Waals surface area contributed by atoms with Crippen LogP contribution in [0.4, 0.5) is 11.4 Å². The van der Waals surface area contributed by atoms with Crippen LogP contribution in [-0.2, 0) is 4.79 Å². The molecule has 0 unspecified atom stereocenters. The van der Waals surface area contributed by atoms with Crippen LogP contribution in [0.1, 0.15) is 83.6 Å². The molecular formula is C28H40N2O2. The van der Waals surface area contributed by atoms with Crippen molar-refractivity contribution in [3.8, 4) is 5.75 Å². The number of carbonyl (C=O) groups excluding carboxylic acids is 1. The van der Waals surface area contributed by atoms with Crippen molar-refractivity contribution in [2.24, 2.45) is 0 Å². The van der Waals surface area contributed by atoms with E-state index in [0.717, 1.165) is 29.1 Å². The van der Waals surface area contributed by atoms with Crippen LogP contribution in [0.3, 0.4) is 0 Å². The zero-order chi connectivity index (χ0) is 23.0. The minimum atomic E-state index is -0.165. The zero-order valence-electron chi connectivity index (χ0n) is 19.8. The molecule has 0 bridgehead atoms. The molecule has 2 rings (SSSR count). The quantitative estimate of drug-likeness (QED) is 0.197. The normalized spacial score (nSPS) is 11.4. The Morgan fingerprint density at radius 3 is 1.91 bits per heavy atom. The second-order valence-electron chi connectivity index (χ2n) is 8.55. The van der Waals surface area contributed by atoms with E-state index in [2.05, 4.69) is 17.6 Å². The van der Waals surface area contributed by atoms with Gasteiger partial charge in [-0.3, -0.25) is 4.79 Å². The molecular weight excluding hydrogens is 396 g/mol. The van der Waals surface area contributed by atoms with E-state index < -0.39 is 0 Å². The molecule has 0 aliphatic rings. The van der Waals surface area contributed by atoms with Crippen LogP contribution in [0.25, 0.3) is 5.57 Å². The third kappa shape index (κ3) is 10.5.